The molecule has 3 N–H and O–H groups in total. The molecular weight excluding hydrogens is 368 g/mol. The molecule has 0 radical (unpaired) electrons. The number of nitrogens with one attached hydrogen (secondary N) is 1. The van der Waals surface area contributed by atoms with E-state index in [2.05, 4.69) is 19.9 Å². The van der Waals surface area contributed by atoms with Crippen LogP contribution in [0, 0.1) is 18.3 Å². The number of benzene rings is 1. The molecule has 0 saturated heterocycles. The van der Waals surface area contributed by atoms with E-state index in [0.29, 0.717) is 46.4 Å². The van der Waals surface area contributed by atoms with Crippen molar-refractivity contribution in [3.8, 4) is 6.07 Å². The van der Waals surface area contributed by atoms with Crippen molar-refractivity contribution in [3.63, 3.8) is 0 Å². The van der Waals surface area contributed by atoms with Crippen molar-refractivity contribution in [3.05, 3.63) is 29.5 Å². The molecule has 0 atom stereocenters. The standard InChI is InChI=1S/C17H20N6O3S/c1-11-14(10-18)17(27-22-11)21-20-15-4-3-13(9-16(15)19-12(2)26)23(5-7-24)6-8-25/h3-4,9,24-25H,5-8H2,1-2H3,(H,19,26). The smallest absolute Gasteiger partial charge is 0.221 e. The summed E-state index contributed by atoms with van der Waals surface area (Å²) < 4.78 is 4.09. The Bertz CT molecular complexity index is 868. The van der Waals surface area contributed by atoms with Gasteiger partial charge >= 0.3 is 0 Å². The quantitative estimate of drug-likeness (QED) is 0.595. The summed E-state index contributed by atoms with van der Waals surface area (Å²) in [4.78, 5) is 13.3. The lowest BCUT2D eigenvalue weighted by Crippen LogP contribution is -2.29. The molecule has 0 aliphatic heterocycles. The Morgan fingerprint density at radius 2 is 2.04 bits per heavy atom. The Hall–Kier alpha value is -2.87. The number of carbonyl (C=O) groups is 1. The number of amides is 1. The van der Waals surface area contributed by atoms with Gasteiger partial charge in [0.1, 0.15) is 17.3 Å². The number of aryl methyl sites for hydroxylation is 1. The normalized spacial score (nSPS) is 10.8. The van der Waals surface area contributed by atoms with Crippen LogP contribution in [0.1, 0.15) is 18.2 Å². The fourth-order valence-electron chi connectivity index (χ4n) is 2.36. The summed E-state index contributed by atoms with van der Waals surface area (Å²) >= 11 is 1.08. The van der Waals surface area contributed by atoms with Gasteiger partial charge in [-0.15, -0.1) is 10.2 Å². The summed E-state index contributed by atoms with van der Waals surface area (Å²) in [6, 6.07) is 7.18. The molecule has 0 saturated carbocycles. The molecule has 9 nitrogen and oxygen atoms in total. The predicted molar refractivity (Wildman–Crippen MR) is 103 cm³/mol. The van der Waals surface area contributed by atoms with Crippen molar-refractivity contribution >= 4 is 39.5 Å². The number of carbonyl (C=O) groups excluding carboxylic acids is 1. The number of aromatic nitrogens is 1. The van der Waals surface area contributed by atoms with E-state index in [-0.39, 0.29) is 19.1 Å². The molecule has 2 rings (SSSR count). The van der Waals surface area contributed by atoms with Gasteiger partial charge in [-0.3, -0.25) is 4.79 Å². The van der Waals surface area contributed by atoms with Gasteiger partial charge < -0.3 is 20.4 Å². The first-order chi connectivity index (χ1) is 13.0. The van der Waals surface area contributed by atoms with Crippen LogP contribution in [0.3, 0.4) is 0 Å². The summed E-state index contributed by atoms with van der Waals surface area (Å²) in [5.74, 6) is -0.272. The monoisotopic (exact) mass is 388 g/mol. The molecule has 0 fully saturated rings. The van der Waals surface area contributed by atoms with E-state index in [9.17, 15) is 15.0 Å². The number of nitrogens with zero attached hydrogens (tertiary/aromatic N) is 5. The largest absolute Gasteiger partial charge is 0.395 e. The number of anilines is 2. The second kappa shape index (κ2) is 9.72. The van der Waals surface area contributed by atoms with E-state index < -0.39 is 0 Å². The minimum Gasteiger partial charge on any atom is -0.395 e. The van der Waals surface area contributed by atoms with Gasteiger partial charge in [-0.05, 0) is 36.7 Å². The molecule has 2 aromatic rings. The highest BCUT2D eigenvalue weighted by atomic mass is 32.1. The molecular formula is C17H20N6O3S. The second-order valence-corrected chi connectivity index (χ2v) is 6.33. The number of azo groups is 1. The Labute approximate surface area is 160 Å². The zero-order valence-corrected chi connectivity index (χ0v) is 15.8. The number of rotatable bonds is 8. The first kappa shape index (κ1) is 20.4. The van der Waals surface area contributed by atoms with E-state index >= 15 is 0 Å². The molecule has 142 valence electrons. The van der Waals surface area contributed by atoms with Crippen molar-refractivity contribution in [2.24, 2.45) is 10.2 Å². The van der Waals surface area contributed by atoms with Crippen LogP contribution in [0.4, 0.5) is 22.1 Å². The molecule has 1 aromatic carbocycles. The van der Waals surface area contributed by atoms with Gasteiger partial charge in [-0.1, -0.05) is 0 Å². The topological polar surface area (TPSA) is 134 Å². The SMILES string of the molecule is CC(=O)Nc1cc(N(CCO)CCO)ccc1N=Nc1snc(C)c1C#N. The van der Waals surface area contributed by atoms with Crippen LogP contribution in [0.15, 0.2) is 28.4 Å². The van der Waals surface area contributed by atoms with Gasteiger partial charge in [0, 0.05) is 25.7 Å². The average Bonchev–Trinajstić information content (AvgIpc) is 2.99. The zero-order chi connectivity index (χ0) is 19.8. The lowest BCUT2D eigenvalue weighted by molar-refractivity contribution is -0.114. The third-order valence-corrected chi connectivity index (χ3v) is 4.42. The fraction of sp³-hybridized carbons (Fsp3) is 0.353. The van der Waals surface area contributed by atoms with Crippen LogP contribution >= 0.6 is 11.5 Å². The Morgan fingerprint density at radius 1 is 1.33 bits per heavy atom. The van der Waals surface area contributed by atoms with Crippen LogP contribution in [-0.4, -0.2) is 46.8 Å². The van der Waals surface area contributed by atoms with Crippen LogP contribution in [0.5, 0.6) is 0 Å². The average molecular weight is 388 g/mol. The predicted octanol–water partition coefficient (Wildman–Crippen LogP) is 2.49. The van der Waals surface area contributed by atoms with E-state index in [1.165, 1.54) is 6.92 Å². The molecule has 1 amide bonds. The minimum absolute atomic E-state index is 0.0708. The van der Waals surface area contributed by atoms with E-state index in [1.807, 2.05) is 6.07 Å². The van der Waals surface area contributed by atoms with Crippen LogP contribution in [0.2, 0.25) is 0 Å². The fourth-order valence-corrected chi connectivity index (χ4v) is 3.04. The number of aliphatic hydroxyl groups is 2. The van der Waals surface area contributed by atoms with E-state index in [1.54, 1.807) is 30.0 Å². The summed E-state index contributed by atoms with van der Waals surface area (Å²) in [7, 11) is 0. The molecule has 0 aliphatic rings. The lowest BCUT2D eigenvalue weighted by atomic mass is 10.2. The van der Waals surface area contributed by atoms with Crippen molar-refractivity contribution in [1.82, 2.24) is 4.37 Å². The van der Waals surface area contributed by atoms with Gasteiger partial charge in [0.05, 0.1) is 24.6 Å². The molecule has 1 heterocycles. The molecule has 0 unspecified atom stereocenters. The highest BCUT2D eigenvalue weighted by Gasteiger charge is 2.12. The highest BCUT2D eigenvalue weighted by molar-refractivity contribution is 7.10. The van der Waals surface area contributed by atoms with E-state index in [4.69, 9.17) is 5.26 Å². The van der Waals surface area contributed by atoms with Gasteiger partial charge in [-0.2, -0.15) is 9.64 Å². The maximum atomic E-state index is 11.5. The number of aliphatic hydroxyl groups excluding tert-OH is 2. The van der Waals surface area contributed by atoms with Gasteiger partial charge in [0.25, 0.3) is 0 Å². The Kier molecular flexibility index (Phi) is 7.36. The van der Waals surface area contributed by atoms with Crippen molar-refractivity contribution in [2.45, 2.75) is 13.8 Å². The maximum absolute atomic E-state index is 11.5. The molecule has 10 heteroatoms. The molecule has 0 spiro atoms. The number of hydrogen-bond donors (Lipinski definition) is 3. The third kappa shape index (κ3) is 5.30. The number of nitriles is 1. The number of hydrogen-bond acceptors (Lipinski definition) is 9. The van der Waals surface area contributed by atoms with Crippen molar-refractivity contribution in [1.29, 1.82) is 5.26 Å². The Morgan fingerprint density at radius 3 is 2.63 bits per heavy atom. The first-order valence-electron chi connectivity index (χ1n) is 8.16. The third-order valence-electron chi connectivity index (χ3n) is 3.60. The van der Waals surface area contributed by atoms with Crippen molar-refractivity contribution < 1.29 is 15.0 Å². The van der Waals surface area contributed by atoms with Gasteiger partial charge in [0.2, 0.25) is 5.91 Å². The van der Waals surface area contributed by atoms with E-state index in [0.717, 1.165) is 11.5 Å². The molecule has 27 heavy (non-hydrogen) atoms. The van der Waals surface area contributed by atoms with Crippen LogP contribution in [-0.2, 0) is 4.79 Å². The molecule has 0 aliphatic carbocycles. The first-order valence-corrected chi connectivity index (χ1v) is 8.94. The highest BCUT2D eigenvalue weighted by Crippen LogP contribution is 2.33. The summed E-state index contributed by atoms with van der Waals surface area (Å²) in [6.45, 7) is 3.64. The lowest BCUT2D eigenvalue weighted by Gasteiger charge is -2.23. The molecule has 0 bridgehead atoms. The molecule has 1 aromatic heterocycles. The minimum atomic E-state index is -0.272. The zero-order valence-electron chi connectivity index (χ0n) is 15.0. The summed E-state index contributed by atoms with van der Waals surface area (Å²) in [5.41, 5.74) is 2.53. The summed E-state index contributed by atoms with van der Waals surface area (Å²) in [6.07, 6.45) is 0. The second-order valence-electron chi connectivity index (χ2n) is 5.58. The van der Waals surface area contributed by atoms with Crippen LogP contribution in [0.25, 0.3) is 0 Å². The van der Waals surface area contributed by atoms with Crippen LogP contribution < -0.4 is 10.2 Å². The Balaban J connectivity index is 2.39. The van der Waals surface area contributed by atoms with Crippen molar-refractivity contribution in [2.75, 3.05) is 36.5 Å². The van der Waals surface area contributed by atoms with Gasteiger partial charge in [0.15, 0.2) is 5.00 Å². The van der Waals surface area contributed by atoms with Gasteiger partial charge in [-0.25, -0.2) is 0 Å². The maximum Gasteiger partial charge on any atom is 0.221 e. The summed E-state index contributed by atoms with van der Waals surface area (Å²) in [5, 5.41) is 38.9.